The van der Waals surface area contributed by atoms with Gasteiger partial charge in [0.2, 0.25) is 0 Å². The number of aliphatic hydroxyl groups is 3. The fourth-order valence-corrected chi connectivity index (χ4v) is 9.70. The Morgan fingerprint density at radius 1 is 1.15 bits per heavy atom. The van der Waals surface area contributed by atoms with Gasteiger partial charge in [0.15, 0.2) is 22.8 Å². The van der Waals surface area contributed by atoms with Crippen molar-refractivity contribution in [1.29, 1.82) is 0 Å². The highest BCUT2D eigenvalue weighted by molar-refractivity contribution is 6.15. The van der Waals surface area contributed by atoms with Gasteiger partial charge >= 0.3 is 5.97 Å². The lowest BCUT2D eigenvalue weighted by atomic mass is 9.24. The van der Waals surface area contributed by atoms with Crippen molar-refractivity contribution in [2.45, 2.75) is 50.9 Å². The summed E-state index contributed by atoms with van der Waals surface area (Å²) in [5, 5.41) is 34.2. The van der Waals surface area contributed by atoms with Crippen LogP contribution >= 0.6 is 0 Å². The third kappa shape index (κ3) is 0.922. The van der Waals surface area contributed by atoms with Gasteiger partial charge in [-0.2, -0.15) is 0 Å². The van der Waals surface area contributed by atoms with Crippen molar-refractivity contribution in [2.75, 3.05) is 6.61 Å². The fourth-order valence-electron chi connectivity index (χ4n) is 9.70. The average Bonchev–Trinajstić information content (AvgIpc) is 2.78. The first kappa shape index (κ1) is 16.4. The van der Waals surface area contributed by atoms with Crippen molar-refractivity contribution < 1.29 is 34.4 Å². The molecular weight excluding hydrogens is 352 g/mol. The molecule has 0 aromatic heterocycles. The van der Waals surface area contributed by atoms with Gasteiger partial charge in [0.25, 0.3) is 0 Å². The van der Waals surface area contributed by atoms with Crippen molar-refractivity contribution in [2.24, 2.45) is 33.5 Å². The Morgan fingerprint density at radius 3 is 2.44 bits per heavy atom. The van der Waals surface area contributed by atoms with E-state index >= 15 is 0 Å². The molecule has 7 heteroatoms. The Morgan fingerprint density at radius 2 is 1.81 bits per heavy atom. The van der Waals surface area contributed by atoms with E-state index in [1.54, 1.807) is 20.8 Å². The Kier molecular flexibility index (Phi) is 2.23. The molecule has 7 aliphatic rings. The molecule has 7 nitrogen and oxygen atoms in total. The molecule has 1 aliphatic heterocycles. The zero-order valence-electron chi connectivity index (χ0n) is 15.4. The van der Waals surface area contributed by atoms with Crippen LogP contribution < -0.4 is 0 Å². The van der Waals surface area contributed by atoms with Crippen LogP contribution in [0.3, 0.4) is 0 Å². The van der Waals surface area contributed by atoms with E-state index in [2.05, 4.69) is 0 Å². The highest BCUT2D eigenvalue weighted by atomic mass is 16.5. The summed E-state index contributed by atoms with van der Waals surface area (Å²) in [5.41, 5.74) is -8.26. The summed E-state index contributed by atoms with van der Waals surface area (Å²) in [4.78, 5) is 39.0. The van der Waals surface area contributed by atoms with Gasteiger partial charge in [0.1, 0.15) is 6.10 Å². The molecule has 1 spiro atoms. The molecule has 0 aromatic rings. The van der Waals surface area contributed by atoms with Crippen molar-refractivity contribution in [3.05, 3.63) is 11.6 Å². The van der Waals surface area contributed by atoms with Crippen molar-refractivity contribution in [3.63, 3.8) is 0 Å². The summed E-state index contributed by atoms with van der Waals surface area (Å²) < 4.78 is 5.64. The summed E-state index contributed by atoms with van der Waals surface area (Å²) in [6, 6.07) is 0. The van der Waals surface area contributed by atoms with E-state index in [1.165, 1.54) is 6.08 Å². The van der Waals surface area contributed by atoms with Crippen molar-refractivity contribution in [1.82, 2.24) is 0 Å². The number of carbonyl (C=O) groups excluding carboxylic acids is 3. The number of Topliss-reactive ketones (excluding diaryl/α,β-unsaturated/α-hetero) is 1. The summed E-state index contributed by atoms with van der Waals surface area (Å²) in [7, 11) is 0. The van der Waals surface area contributed by atoms with E-state index in [-0.39, 0.29) is 12.8 Å². The molecular formula is C20H22O7. The number of aliphatic hydroxyl groups excluding tert-OH is 1. The molecule has 1 heterocycles. The van der Waals surface area contributed by atoms with Gasteiger partial charge < -0.3 is 20.1 Å². The van der Waals surface area contributed by atoms with Crippen LogP contribution in [0.4, 0.5) is 0 Å². The van der Waals surface area contributed by atoms with Gasteiger partial charge in [-0.1, -0.05) is 19.4 Å². The molecule has 5 saturated carbocycles. The Labute approximate surface area is 155 Å². The maximum absolute atomic E-state index is 13.6. The zero-order valence-corrected chi connectivity index (χ0v) is 15.4. The molecule has 2 unspecified atom stereocenters. The van der Waals surface area contributed by atoms with Crippen LogP contribution in [0.15, 0.2) is 11.6 Å². The third-order valence-electron chi connectivity index (χ3n) is 10.3. The van der Waals surface area contributed by atoms with E-state index in [9.17, 15) is 29.7 Å². The van der Waals surface area contributed by atoms with E-state index in [1.807, 2.05) is 0 Å². The van der Waals surface area contributed by atoms with Gasteiger partial charge in [-0.15, -0.1) is 0 Å². The number of esters is 1. The standard InChI is InChI=1S/C20H22O7/c1-8-4-10(22)19(25)16(3)13-14(24)20(19,26)15(2)9-5-12(23)27-11(6-18(8,15)16)17(9,13)7-21/h4,9,11,13,21,25-26H,5-7H2,1-3H3/t9-,11+,13+,15?,16+,17+,18?,19+,20+/m0/s1. The molecule has 7 rings (SSSR count). The second-order valence-electron chi connectivity index (χ2n) is 9.93. The predicted octanol–water partition coefficient (Wildman–Crippen LogP) is -0.483. The third-order valence-corrected chi connectivity index (χ3v) is 10.3. The minimum Gasteiger partial charge on any atom is -0.462 e. The molecule has 6 aliphatic carbocycles. The van der Waals surface area contributed by atoms with Crippen molar-refractivity contribution >= 4 is 17.5 Å². The monoisotopic (exact) mass is 374 g/mol. The molecule has 0 radical (unpaired) electrons. The lowest BCUT2D eigenvalue weighted by Gasteiger charge is -2.78. The Balaban J connectivity index is 1.85. The van der Waals surface area contributed by atoms with Crippen LogP contribution in [0, 0.1) is 33.5 Å². The first-order chi connectivity index (χ1) is 12.5. The summed E-state index contributed by atoms with van der Waals surface area (Å²) in [6.45, 7) is 4.86. The highest BCUT2D eigenvalue weighted by Gasteiger charge is 3.05. The SMILES string of the molecule is CC1=CC(=O)[C@]2(O)[C@@]3(O)C(=O)[C@H]4[C@@]5(CO)[C@H]6CC1(C3(C)[C@@H]5CC(=O)O6)[C@@]42C. The summed E-state index contributed by atoms with van der Waals surface area (Å²) >= 11 is 0. The van der Waals surface area contributed by atoms with Crippen LogP contribution in [0.25, 0.3) is 0 Å². The van der Waals surface area contributed by atoms with Gasteiger partial charge in [0, 0.05) is 34.0 Å². The molecule has 0 aromatic carbocycles. The highest BCUT2D eigenvalue weighted by Crippen LogP contribution is 2.95. The van der Waals surface area contributed by atoms with E-state index in [4.69, 9.17) is 4.74 Å². The van der Waals surface area contributed by atoms with Crippen LogP contribution in [0.2, 0.25) is 0 Å². The molecule has 8 bridgehead atoms. The molecule has 144 valence electrons. The maximum atomic E-state index is 13.6. The van der Waals surface area contributed by atoms with Crippen LogP contribution in [-0.4, -0.2) is 56.8 Å². The molecule has 3 N–H and O–H groups in total. The van der Waals surface area contributed by atoms with E-state index < -0.39 is 74.9 Å². The normalized spacial score (nSPS) is 64.3. The van der Waals surface area contributed by atoms with Gasteiger partial charge in [0.05, 0.1) is 6.61 Å². The molecule has 27 heavy (non-hydrogen) atoms. The minimum atomic E-state index is -2.28. The number of allylic oxidation sites excluding steroid dienone is 1. The van der Waals surface area contributed by atoms with Crippen LogP contribution in [0.1, 0.15) is 33.6 Å². The van der Waals surface area contributed by atoms with E-state index in [0.29, 0.717) is 0 Å². The minimum absolute atomic E-state index is 0.0466. The first-order valence-electron chi connectivity index (χ1n) is 9.50. The molecule has 9 atom stereocenters. The van der Waals surface area contributed by atoms with Crippen LogP contribution in [0.5, 0.6) is 0 Å². The number of ketones is 2. The van der Waals surface area contributed by atoms with Crippen LogP contribution in [-0.2, 0) is 19.1 Å². The van der Waals surface area contributed by atoms with E-state index in [0.717, 1.165) is 5.57 Å². The second kappa shape index (κ2) is 3.67. The Hall–Kier alpha value is -1.57. The summed E-state index contributed by atoms with van der Waals surface area (Å²) in [6.07, 6.45) is 0.928. The number of rotatable bonds is 1. The average molecular weight is 374 g/mol. The number of hydrogen-bond donors (Lipinski definition) is 3. The fraction of sp³-hybridized carbons (Fsp3) is 0.750. The maximum Gasteiger partial charge on any atom is 0.306 e. The molecule has 0 amide bonds. The zero-order chi connectivity index (χ0) is 19.6. The van der Waals surface area contributed by atoms with Gasteiger partial charge in [-0.05, 0) is 25.3 Å². The quantitative estimate of drug-likeness (QED) is 0.530. The number of ether oxygens (including phenoxy) is 1. The largest absolute Gasteiger partial charge is 0.462 e. The number of hydrogen-bond acceptors (Lipinski definition) is 7. The topological polar surface area (TPSA) is 121 Å². The molecule has 6 fully saturated rings. The van der Waals surface area contributed by atoms with Gasteiger partial charge in [-0.25, -0.2) is 0 Å². The lowest BCUT2D eigenvalue weighted by Crippen LogP contribution is -2.84. The molecule has 1 saturated heterocycles. The predicted molar refractivity (Wildman–Crippen MR) is 87.9 cm³/mol. The van der Waals surface area contributed by atoms with Crippen molar-refractivity contribution in [3.8, 4) is 0 Å². The number of carbonyl (C=O) groups is 3. The second-order valence-corrected chi connectivity index (χ2v) is 9.93. The summed E-state index contributed by atoms with van der Waals surface area (Å²) in [5.74, 6) is -3.17. The first-order valence-corrected chi connectivity index (χ1v) is 9.50. The smallest absolute Gasteiger partial charge is 0.306 e. The lowest BCUT2D eigenvalue weighted by molar-refractivity contribution is -0.341. The van der Waals surface area contributed by atoms with Gasteiger partial charge in [-0.3, -0.25) is 14.4 Å². The Bertz CT molecular complexity index is 939.